The molecule has 0 fully saturated rings. The number of ether oxygens (including phenoxy) is 1. The molecule has 0 aliphatic carbocycles. The standard InChI is InChI=1S/C13H15ClN2O4S/c1-9-8-10-4-3-5-11(12(10)15-13(9)14)21(17,18)16-20-7-6-19-2/h3-5,8,16H,6-7H2,1-2H3. The van der Waals surface area contributed by atoms with Gasteiger partial charge in [-0.05, 0) is 24.6 Å². The maximum atomic E-state index is 12.2. The molecule has 0 atom stereocenters. The van der Waals surface area contributed by atoms with Crippen molar-refractivity contribution >= 4 is 32.5 Å². The number of sulfonamides is 1. The van der Waals surface area contributed by atoms with Gasteiger partial charge in [-0.2, -0.15) is 0 Å². The number of aryl methyl sites for hydroxylation is 1. The van der Waals surface area contributed by atoms with Gasteiger partial charge in [0.2, 0.25) is 0 Å². The summed E-state index contributed by atoms with van der Waals surface area (Å²) in [5, 5.41) is 0.960. The Morgan fingerprint density at radius 2 is 2.10 bits per heavy atom. The first-order valence-corrected chi connectivity index (χ1v) is 8.00. The van der Waals surface area contributed by atoms with Gasteiger partial charge in [0.25, 0.3) is 10.0 Å². The first-order chi connectivity index (χ1) is 9.95. The Morgan fingerprint density at radius 3 is 2.81 bits per heavy atom. The Kier molecular flexibility index (Phi) is 5.13. The third kappa shape index (κ3) is 3.69. The molecule has 2 rings (SSSR count). The minimum absolute atomic E-state index is 0.0133. The number of methoxy groups -OCH3 is 1. The van der Waals surface area contributed by atoms with Gasteiger partial charge in [-0.25, -0.2) is 13.4 Å². The lowest BCUT2D eigenvalue weighted by Crippen LogP contribution is -2.26. The van der Waals surface area contributed by atoms with Crippen LogP contribution in [-0.4, -0.2) is 33.7 Å². The highest BCUT2D eigenvalue weighted by Crippen LogP contribution is 2.25. The summed E-state index contributed by atoms with van der Waals surface area (Å²) in [4.78, 5) is 11.1. The molecule has 0 saturated heterocycles. The summed E-state index contributed by atoms with van der Waals surface area (Å²) in [7, 11) is -2.35. The Balaban J connectivity index is 2.39. The van der Waals surface area contributed by atoms with Gasteiger partial charge in [0.05, 0.1) is 18.7 Å². The summed E-state index contributed by atoms with van der Waals surface area (Å²) in [6.45, 7) is 2.19. The lowest BCUT2D eigenvalue weighted by molar-refractivity contribution is 0.0439. The van der Waals surface area contributed by atoms with Crippen LogP contribution in [0, 0.1) is 6.92 Å². The van der Waals surface area contributed by atoms with Gasteiger partial charge in [-0.15, -0.1) is 0 Å². The highest BCUT2D eigenvalue weighted by atomic mass is 35.5. The number of hydrogen-bond acceptors (Lipinski definition) is 5. The number of nitrogens with one attached hydrogen (secondary N) is 1. The molecule has 0 unspecified atom stereocenters. The number of pyridine rings is 1. The summed E-state index contributed by atoms with van der Waals surface area (Å²) in [5.41, 5.74) is 1.08. The minimum atomic E-state index is -3.85. The number of benzene rings is 1. The van der Waals surface area contributed by atoms with E-state index >= 15 is 0 Å². The highest BCUT2D eigenvalue weighted by molar-refractivity contribution is 7.89. The zero-order valence-electron chi connectivity index (χ0n) is 11.6. The molecule has 1 aromatic carbocycles. The number of hydrogen-bond donors (Lipinski definition) is 1. The van der Waals surface area contributed by atoms with E-state index in [1.165, 1.54) is 13.2 Å². The maximum absolute atomic E-state index is 12.2. The topological polar surface area (TPSA) is 77.5 Å². The zero-order valence-corrected chi connectivity index (χ0v) is 13.2. The average molecular weight is 331 g/mol. The molecule has 21 heavy (non-hydrogen) atoms. The summed E-state index contributed by atoms with van der Waals surface area (Å²) >= 11 is 5.98. The van der Waals surface area contributed by atoms with Crippen molar-refractivity contribution in [3.05, 3.63) is 35.0 Å². The quantitative estimate of drug-likeness (QED) is 0.498. The fourth-order valence-corrected chi connectivity index (χ4v) is 2.90. The van der Waals surface area contributed by atoms with Crippen molar-refractivity contribution in [2.75, 3.05) is 20.3 Å². The van der Waals surface area contributed by atoms with E-state index in [0.717, 1.165) is 5.56 Å². The van der Waals surface area contributed by atoms with Crippen molar-refractivity contribution in [1.82, 2.24) is 9.87 Å². The predicted octanol–water partition coefficient (Wildman–Crippen LogP) is 2.05. The highest BCUT2D eigenvalue weighted by Gasteiger charge is 2.19. The van der Waals surface area contributed by atoms with Crippen molar-refractivity contribution in [2.24, 2.45) is 0 Å². The molecule has 114 valence electrons. The van der Waals surface area contributed by atoms with E-state index in [0.29, 0.717) is 10.9 Å². The van der Waals surface area contributed by atoms with Gasteiger partial charge in [0.15, 0.2) is 0 Å². The molecule has 6 nitrogen and oxygen atoms in total. The SMILES string of the molecule is COCCONS(=O)(=O)c1cccc2cc(C)c(Cl)nc12. The third-order valence-corrected chi connectivity index (χ3v) is 4.41. The number of aromatic nitrogens is 1. The molecular weight excluding hydrogens is 316 g/mol. The van der Waals surface area contributed by atoms with Gasteiger partial charge in [0, 0.05) is 12.5 Å². The van der Waals surface area contributed by atoms with Crippen LogP contribution >= 0.6 is 11.6 Å². The molecule has 1 aromatic heterocycles. The molecule has 0 bridgehead atoms. The first kappa shape index (κ1) is 16.1. The Hall–Kier alpha value is -1.25. The molecule has 0 aliphatic heterocycles. The molecule has 2 aromatic rings. The van der Waals surface area contributed by atoms with Crippen LogP contribution in [0.15, 0.2) is 29.2 Å². The fourth-order valence-electron chi connectivity index (χ4n) is 1.76. The second-order valence-electron chi connectivity index (χ2n) is 4.35. The Morgan fingerprint density at radius 1 is 1.33 bits per heavy atom. The van der Waals surface area contributed by atoms with Gasteiger partial charge < -0.3 is 4.74 Å². The largest absolute Gasteiger partial charge is 0.382 e. The maximum Gasteiger partial charge on any atom is 0.264 e. The summed E-state index contributed by atoms with van der Waals surface area (Å²) in [6.07, 6.45) is 0. The van der Waals surface area contributed by atoms with E-state index < -0.39 is 10.0 Å². The van der Waals surface area contributed by atoms with Crippen molar-refractivity contribution in [3.63, 3.8) is 0 Å². The van der Waals surface area contributed by atoms with E-state index in [1.54, 1.807) is 18.2 Å². The monoisotopic (exact) mass is 330 g/mol. The van der Waals surface area contributed by atoms with E-state index in [2.05, 4.69) is 4.98 Å². The lowest BCUT2D eigenvalue weighted by Gasteiger charge is -2.10. The van der Waals surface area contributed by atoms with Gasteiger partial charge in [0.1, 0.15) is 10.0 Å². The van der Waals surface area contributed by atoms with Crippen molar-refractivity contribution < 1.29 is 18.0 Å². The Labute approximate surface area is 128 Å². The van der Waals surface area contributed by atoms with Crippen LogP contribution in [0.3, 0.4) is 0 Å². The van der Waals surface area contributed by atoms with Crippen LogP contribution < -0.4 is 4.89 Å². The number of para-hydroxylation sites is 1. The second-order valence-corrected chi connectivity index (χ2v) is 6.32. The van der Waals surface area contributed by atoms with Crippen LogP contribution in [0.5, 0.6) is 0 Å². The lowest BCUT2D eigenvalue weighted by atomic mass is 10.2. The van der Waals surface area contributed by atoms with E-state index in [-0.39, 0.29) is 23.3 Å². The molecule has 0 aliphatic rings. The van der Waals surface area contributed by atoms with Crippen LogP contribution in [0.1, 0.15) is 5.56 Å². The molecule has 8 heteroatoms. The zero-order chi connectivity index (χ0) is 15.5. The van der Waals surface area contributed by atoms with Gasteiger partial charge in [-0.3, -0.25) is 4.84 Å². The summed E-state index contributed by atoms with van der Waals surface area (Å²) < 4.78 is 29.3. The van der Waals surface area contributed by atoms with Crippen molar-refractivity contribution in [2.45, 2.75) is 11.8 Å². The van der Waals surface area contributed by atoms with Crippen LogP contribution in [-0.2, 0) is 19.6 Å². The number of nitrogens with zero attached hydrogens (tertiary/aromatic N) is 1. The molecule has 0 radical (unpaired) electrons. The summed E-state index contributed by atoms with van der Waals surface area (Å²) in [6, 6.07) is 6.65. The molecule has 1 heterocycles. The smallest absolute Gasteiger partial charge is 0.264 e. The number of halogens is 1. The molecular formula is C13H15ClN2O4S. The molecule has 0 spiro atoms. The fraction of sp³-hybridized carbons (Fsp3) is 0.308. The Bertz CT molecular complexity index is 749. The number of rotatable bonds is 6. The predicted molar refractivity (Wildman–Crippen MR) is 79.6 cm³/mol. The van der Waals surface area contributed by atoms with Gasteiger partial charge in [-0.1, -0.05) is 28.6 Å². The van der Waals surface area contributed by atoms with Crippen LogP contribution in [0.25, 0.3) is 10.9 Å². The van der Waals surface area contributed by atoms with Gasteiger partial charge >= 0.3 is 0 Å². The van der Waals surface area contributed by atoms with Crippen LogP contribution in [0.4, 0.5) is 0 Å². The number of fused-ring (bicyclic) bond motifs is 1. The normalized spacial score (nSPS) is 12.0. The summed E-state index contributed by atoms with van der Waals surface area (Å²) in [5.74, 6) is 0. The molecule has 0 saturated carbocycles. The molecule has 0 amide bonds. The van der Waals surface area contributed by atoms with Crippen LogP contribution in [0.2, 0.25) is 5.15 Å². The van der Waals surface area contributed by atoms with Crippen molar-refractivity contribution in [1.29, 1.82) is 0 Å². The van der Waals surface area contributed by atoms with E-state index in [1.807, 2.05) is 11.8 Å². The second kappa shape index (κ2) is 6.67. The minimum Gasteiger partial charge on any atom is -0.382 e. The van der Waals surface area contributed by atoms with Crippen molar-refractivity contribution in [3.8, 4) is 0 Å². The molecule has 1 N–H and O–H groups in total. The first-order valence-electron chi connectivity index (χ1n) is 6.14. The third-order valence-electron chi connectivity index (χ3n) is 2.79. The van der Waals surface area contributed by atoms with E-state index in [9.17, 15) is 8.42 Å². The van der Waals surface area contributed by atoms with E-state index in [4.69, 9.17) is 21.2 Å². The average Bonchev–Trinajstić information content (AvgIpc) is 2.44.